The molecule has 3 heterocycles. The molecule has 0 amide bonds. The number of alkyl halides is 2. The van der Waals surface area contributed by atoms with Gasteiger partial charge in [0.15, 0.2) is 0 Å². The molecule has 3 rings (SSSR count). The van der Waals surface area contributed by atoms with Crippen molar-refractivity contribution in [2.45, 2.75) is 19.9 Å². The number of hydrogen-bond acceptors (Lipinski definition) is 9. The molecule has 13 heteroatoms. The lowest BCUT2D eigenvalue weighted by atomic mass is 10.4. The highest BCUT2D eigenvalue weighted by Crippen LogP contribution is 2.29. The quantitative estimate of drug-likeness (QED) is 0.591. The molecule has 138 valence electrons. The molecule has 26 heavy (non-hydrogen) atoms. The average molecular weight is 402 g/mol. The van der Waals surface area contributed by atoms with Crippen molar-refractivity contribution in [3.05, 3.63) is 35.6 Å². The highest BCUT2D eigenvalue weighted by atomic mass is 32.2. The zero-order valence-corrected chi connectivity index (χ0v) is 14.9. The molecule has 0 aliphatic rings. The Hall–Kier alpha value is -2.54. The molecule has 0 radical (unpaired) electrons. The Morgan fingerprint density at radius 3 is 2.69 bits per heavy atom. The Morgan fingerprint density at radius 2 is 2.08 bits per heavy atom. The summed E-state index contributed by atoms with van der Waals surface area (Å²) in [7, 11) is -3.59. The zero-order valence-electron chi connectivity index (χ0n) is 13.3. The first kappa shape index (κ1) is 18.3. The zero-order chi connectivity index (χ0) is 18.7. The molecule has 0 fully saturated rings. The van der Waals surface area contributed by atoms with Crippen molar-refractivity contribution in [3.63, 3.8) is 0 Å². The molecule has 0 aliphatic carbocycles. The highest BCUT2D eigenvalue weighted by Gasteiger charge is 2.24. The molecule has 0 aliphatic heterocycles. The predicted molar refractivity (Wildman–Crippen MR) is 88.0 cm³/mol. The van der Waals surface area contributed by atoms with Gasteiger partial charge in [0, 0.05) is 0 Å². The van der Waals surface area contributed by atoms with Gasteiger partial charge in [-0.1, -0.05) is 0 Å². The fourth-order valence-electron chi connectivity index (χ4n) is 1.96. The molecule has 3 aromatic rings. The van der Waals surface area contributed by atoms with E-state index in [1.807, 2.05) is 0 Å². The third-order valence-corrected chi connectivity index (χ3v) is 5.94. The minimum Gasteiger partial charge on any atom is -0.414 e. The van der Waals surface area contributed by atoms with E-state index in [9.17, 15) is 17.2 Å². The normalized spacial score (nSPS) is 11.8. The van der Waals surface area contributed by atoms with E-state index in [4.69, 9.17) is 4.42 Å². The second-order valence-electron chi connectivity index (χ2n) is 4.87. The summed E-state index contributed by atoms with van der Waals surface area (Å²) in [6.45, 7) is 1.47. The first-order chi connectivity index (χ1) is 12.4. The van der Waals surface area contributed by atoms with Gasteiger partial charge in [0.1, 0.15) is 9.88 Å². The van der Waals surface area contributed by atoms with E-state index in [0.717, 1.165) is 15.6 Å². The SMILES string of the molecule is CCS(=O)(=O)N(Cc1ncc(-c2nnc(C(F)F)o2)s1)c1ccnnc1. The van der Waals surface area contributed by atoms with Gasteiger partial charge in [-0.15, -0.1) is 21.5 Å². The first-order valence-corrected chi connectivity index (χ1v) is 9.67. The van der Waals surface area contributed by atoms with Gasteiger partial charge >= 0.3 is 6.43 Å². The van der Waals surface area contributed by atoms with Crippen LogP contribution in [0.15, 0.2) is 29.1 Å². The molecule has 0 saturated carbocycles. The van der Waals surface area contributed by atoms with Crippen LogP contribution in [-0.2, 0) is 16.6 Å². The van der Waals surface area contributed by atoms with Crippen molar-refractivity contribution in [1.82, 2.24) is 25.4 Å². The van der Waals surface area contributed by atoms with Crippen LogP contribution < -0.4 is 4.31 Å². The van der Waals surface area contributed by atoms with Crippen LogP contribution in [0.2, 0.25) is 0 Å². The van der Waals surface area contributed by atoms with E-state index in [-0.39, 0.29) is 18.2 Å². The summed E-state index contributed by atoms with van der Waals surface area (Å²) in [4.78, 5) is 4.48. The molecule has 0 bridgehead atoms. The Kier molecular flexibility index (Phi) is 5.18. The number of rotatable bonds is 7. The van der Waals surface area contributed by atoms with Crippen LogP contribution >= 0.6 is 11.3 Å². The summed E-state index contributed by atoms with van der Waals surface area (Å²) >= 11 is 1.07. The van der Waals surface area contributed by atoms with Gasteiger partial charge in [-0.3, -0.25) is 4.31 Å². The Morgan fingerprint density at radius 1 is 1.27 bits per heavy atom. The maximum Gasteiger partial charge on any atom is 0.314 e. The van der Waals surface area contributed by atoms with E-state index in [1.54, 1.807) is 0 Å². The van der Waals surface area contributed by atoms with Gasteiger partial charge < -0.3 is 4.42 Å². The Balaban J connectivity index is 1.87. The summed E-state index contributed by atoms with van der Waals surface area (Å²) in [6.07, 6.45) is 1.21. The van der Waals surface area contributed by atoms with E-state index in [2.05, 4.69) is 25.4 Å². The van der Waals surface area contributed by atoms with Crippen molar-refractivity contribution in [1.29, 1.82) is 0 Å². The van der Waals surface area contributed by atoms with Crippen LogP contribution in [0.1, 0.15) is 24.2 Å². The van der Waals surface area contributed by atoms with Crippen LogP contribution in [0.25, 0.3) is 10.8 Å². The van der Waals surface area contributed by atoms with Crippen molar-refractivity contribution in [2.24, 2.45) is 0 Å². The second-order valence-corrected chi connectivity index (χ2v) is 8.17. The Bertz CT molecular complexity index is 977. The standard InChI is InChI=1S/C13H12F2N6O3S2/c1-2-26(22,23)21(8-3-4-17-18-5-8)7-10-16-6-9(25-10)12-19-20-13(24-12)11(14)15/h3-6,11H,2,7H2,1H3. The minimum absolute atomic E-state index is 0.0532. The molecule has 0 N–H and O–H groups in total. The average Bonchev–Trinajstić information content (AvgIpc) is 3.29. The molecule has 3 aromatic heterocycles. The number of halogens is 2. The smallest absolute Gasteiger partial charge is 0.314 e. The van der Waals surface area contributed by atoms with Gasteiger partial charge in [-0.05, 0) is 13.0 Å². The van der Waals surface area contributed by atoms with Crippen LogP contribution in [0.3, 0.4) is 0 Å². The maximum atomic E-state index is 12.5. The second kappa shape index (κ2) is 7.37. The van der Waals surface area contributed by atoms with Crippen molar-refractivity contribution in [3.8, 4) is 10.8 Å². The topological polar surface area (TPSA) is 115 Å². The maximum absolute atomic E-state index is 12.5. The predicted octanol–water partition coefficient (Wildman–Crippen LogP) is 2.28. The van der Waals surface area contributed by atoms with Crippen LogP contribution in [0.5, 0.6) is 0 Å². The third kappa shape index (κ3) is 3.83. The summed E-state index contributed by atoms with van der Waals surface area (Å²) in [6, 6.07) is 1.52. The summed E-state index contributed by atoms with van der Waals surface area (Å²) in [5, 5.41) is 14.5. The van der Waals surface area contributed by atoms with Crippen molar-refractivity contribution >= 4 is 27.0 Å². The van der Waals surface area contributed by atoms with E-state index >= 15 is 0 Å². The van der Waals surface area contributed by atoms with E-state index in [1.165, 1.54) is 31.6 Å². The highest BCUT2D eigenvalue weighted by molar-refractivity contribution is 7.92. The lowest BCUT2D eigenvalue weighted by Crippen LogP contribution is -2.31. The van der Waals surface area contributed by atoms with Crippen LogP contribution in [0.4, 0.5) is 14.5 Å². The van der Waals surface area contributed by atoms with Gasteiger partial charge in [-0.2, -0.15) is 19.0 Å². The van der Waals surface area contributed by atoms with Gasteiger partial charge in [0.2, 0.25) is 10.0 Å². The summed E-state index contributed by atoms with van der Waals surface area (Å²) in [5.41, 5.74) is 0.344. The first-order valence-electron chi connectivity index (χ1n) is 7.24. The molecule has 0 saturated heterocycles. The van der Waals surface area contributed by atoms with E-state index in [0.29, 0.717) is 15.6 Å². The summed E-state index contributed by atoms with van der Waals surface area (Å²) in [5.74, 6) is -0.998. The van der Waals surface area contributed by atoms with Crippen LogP contribution in [0, 0.1) is 0 Å². The molecular weight excluding hydrogens is 390 g/mol. The lowest BCUT2D eigenvalue weighted by molar-refractivity contribution is 0.116. The molecule has 9 nitrogen and oxygen atoms in total. The third-order valence-electron chi connectivity index (χ3n) is 3.23. The summed E-state index contributed by atoms with van der Waals surface area (Å²) < 4.78 is 55.9. The van der Waals surface area contributed by atoms with Crippen molar-refractivity contribution < 1.29 is 21.6 Å². The fraction of sp³-hybridized carbons (Fsp3) is 0.308. The van der Waals surface area contributed by atoms with Crippen molar-refractivity contribution in [2.75, 3.05) is 10.1 Å². The van der Waals surface area contributed by atoms with Gasteiger partial charge in [0.25, 0.3) is 11.8 Å². The number of thiazole rings is 1. The molecular formula is C13H12F2N6O3S2. The van der Waals surface area contributed by atoms with E-state index < -0.39 is 22.3 Å². The lowest BCUT2D eigenvalue weighted by Gasteiger charge is -2.21. The largest absolute Gasteiger partial charge is 0.414 e. The number of anilines is 1. The fourth-order valence-corrected chi connectivity index (χ4v) is 3.93. The minimum atomic E-state index is -3.59. The molecule has 0 atom stereocenters. The monoisotopic (exact) mass is 402 g/mol. The molecule has 0 spiro atoms. The molecule has 0 unspecified atom stereocenters. The Labute approximate surface area is 150 Å². The number of sulfonamides is 1. The number of hydrogen-bond donors (Lipinski definition) is 0. The molecule has 0 aromatic carbocycles. The van der Waals surface area contributed by atoms with Gasteiger partial charge in [-0.25, -0.2) is 13.4 Å². The number of nitrogens with zero attached hydrogens (tertiary/aromatic N) is 6. The van der Waals surface area contributed by atoms with Gasteiger partial charge in [0.05, 0.1) is 36.6 Å². The van der Waals surface area contributed by atoms with Crippen LogP contribution in [-0.4, -0.2) is 39.5 Å². The number of aromatic nitrogens is 5.